The summed E-state index contributed by atoms with van der Waals surface area (Å²) in [5.74, 6) is -0.267. The predicted octanol–water partition coefficient (Wildman–Crippen LogP) is 4.49. The average molecular weight is 461 g/mol. The molecule has 1 fully saturated rings. The van der Waals surface area contributed by atoms with Crippen LogP contribution in [0.5, 0.6) is 0 Å². The molecule has 0 bridgehead atoms. The third-order valence-electron chi connectivity index (χ3n) is 6.48. The first kappa shape index (κ1) is 23.8. The molecule has 1 unspecified atom stereocenters. The highest BCUT2D eigenvalue weighted by Gasteiger charge is 2.26. The van der Waals surface area contributed by atoms with Crippen LogP contribution in [0.4, 0.5) is 15.8 Å². The van der Waals surface area contributed by atoms with Crippen LogP contribution < -0.4 is 15.1 Å². The van der Waals surface area contributed by atoms with Gasteiger partial charge in [0.1, 0.15) is 5.82 Å². The number of hydrogen-bond donors (Lipinski definition) is 1. The van der Waals surface area contributed by atoms with E-state index >= 15 is 0 Å². The van der Waals surface area contributed by atoms with Gasteiger partial charge in [-0.2, -0.15) is 0 Å². The molecular formula is C28H33FN4O. The highest BCUT2D eigenvalue weighted by Crippen LogP contribution is 2.26. The first-order valence-electron chi connectivity index (χ1n) is 11.8. The largest absolute Gasteiger partial charge is 0.378 e. The lowest BCUT2D eigenvalue weighted by molar-refractivity contribution is 0.0930. The van der Waals surface area contributed by atoms with E-state index in [9.17, 15) is 9.18 Å². The number of rotatable bonds is 7. The zero-order valence-corrected chi connectivity index (χ0v) is 20.2. The quantitative estimate of drug-likeness (QED) is 0.564. The number of aryl methyl sites for hydroxylation is 1. The third kappa shape index (κ3) is 5.75. The Labute approximate surface area is 201 Å². The molecular weight excluding hydrogens is 427 g/mol. The maximum atomic E-state index is 13.3. The number of carbonyl (C=O) groups is 1. The Kier molecular flexibility index (Phi) is 7.48. The zero-order valence-electron chi connectivity index (χ0n) is 20.2. The molecule has 3 aromatic carbocycles. The molecule has 0 spiro atoms. The van der Waals surface area contributed by atoms with Crippen molar-refractivity contribution in [2.75, 3.05) is 56.6 Å². The third-order valence-corrected chi connectivity index (χ3v) is 6.48. The lowest BCUT2D eigenvalue weighted by Gasteiger charge is -2.40. The molecule has 1 amide bonds. The maximum Gasteiger partial charge on any atom is 0.251 e. The summed E-state index contributed by atoms with van der Waals surface area (Å²) in [7, 11) is 4.06. The van der Waals surface area contributed by atoms with Crippen molar-refractivity contribution in [3.8, 4) is 0 Å². The standard InChI is InChI=1S/C28H33FN4O/c1-21-5-4-6-23(19-21)28(34)30-20-27(22-7-11-25(12-8-22)31(2)3)33-17-15-32(16-18-33)26-13-9-24(29)10-14-26/h4-14,19,27H,15-18,20H2,1-3H3,(H,30,34). The van der Waals surface area contributed by atoms with Crippen molar-refractivity contribution < 1.29 is 9.18 Å². The van der Waals surface area contributed by atoms with E-state index in [1.54, 1.807) is 0 Å². The average Bonchev–Trinajstić information content (AvgIpc) is 2.85. The molecule has 3 aromatic rings. The van der Waals surface area contributed by atoms with Gasteiger partial charge in [-0.1, -0.05) is 29.8 Å². The van der Waals surface area contributed by atoms with E-state index in [-0.39, 0.29) is 17.8 Å². The molecule has 1 N–H and O–H groups in total. The minimum atomic E-state index is -0.215. The van der Waals surface area contributed by atoms with Crippen molar-refractivity contribution >= 4 is 17.3 Å². The summed E-state index contributed by atoms with van der Waals surface area (Å²) in [4.78, 5) is 19.6. The van der Waals surface area contributed by atoms with Gasteiger partial charge < -0.3 is 15.1 Å². The highest BCUT2D eigenvalue weighted by atomic mass is 19.1. The Bertz CT molecular complexity index is 1090. The summed E-state index contributed by atoms with van der Waals surface area (Å²) in [6, 6.07) is 23.0. The normalized spacial score (nSPS) is 15.1. The van der Waals surface area contributed by atoms with Gasteiger partial charge in [0.05, 0.1) is 6.04 Å². The number of piperazine rings is 1. The summed E-state index contributed by atoms with van der Waals surface area (Å²) in [5, 5.41) is 3.16. The smallest absolute Gasteiger partial charge is 0.251 e. The Hall–Kier alpha value is -3.38. The van der Waals surface area contributed by atoms with E-state index in [0.717, 1.165) is 43.1 Å². The van der Waals surface area contributed by atoms with Crippen LogP contribution in [0, 0.1) is 12.7 Å². The second-order valence-corrected chi connectivity index (χ2v) is 9.08. The van der Waals surface area contributed by atoms with Crippen molar-refractivity contribution in [2.24, 2.45) is 0 Å². The van der Waals surface area contributed by atoms with Crippen LogP contribution in [-0.2, 0) is 0 Å². The molecule has 6 heteroatoms. The number of benzene rings is 3. The topological polar surface area (TPSA) is 38.8 Å². The Balaban J connectivity index is 1.48. The molecule has 5 nitrogen and oxygen atoms in total. The summed E-state index contributed by atoms with van der Waals surface area (Å²) in [5.41, 5.74) is 5.13. The van der Waals surface area contributed by atoms with Crippen LogP contribution in [0.1, 0.15) is 27.5 Å². The van der Waals surface area contributed by atoms with Gasteiger partial charge in [-0.3, -0.25) is 9.69 Å². The molecule has 1 aliphatic rings. The number of amides is 1. The fourth-order valence-corrected chi connectivity index (χ4v) is 4.47. The minimum absolute atomic E-state index is 0.0523. The van der Waals surface area contributed by atoms with Crippen LogP contribution >= 0.6 is 0 Å². The molecule has 1 saturated heterocycles. The van der Waals surface area contributed by atoms with Crippen LogP contribution in [0.15, 0.2) is 72.8 Å². The number of carbonyl (C=O) groups excluding carboxylic acids is 1. The van der Waals surface area contributed by atoms with Crippen molar-refractivity contribution in [3.05, 3.63) is 95.3 Å². The van der Waals surface area contributed by atoms with Gasteiger partial charge in [0.15, 0.2) is 0 Å². The summed E-state index contributed by atoms with van der Waals surface area (Å²) in [6.07, 6.45) is 0. The highest BCUT2D eigenvalue weighted by molar-refractivity contribution is 5.94. The van der Waals surface area contributed by atoms with Gasteiger partial charge in [-0.15, -0.1) is 0 Å². The van der Waals surface area contributed by atoms with Crippen LogP contribution in [0.3, 0.4) is 0 Å². The summed E-state index contributed by atoms with van der Waals surface area (Å²) in [6.45, 7) is 5.94. The van der Waals surface area contributed by atoms with E-state index in [4.69, 9.17) is 0 Å². The first-order chi connectivity index (χ1) is 16.4. The van der Waals surface area contributed by atoms with Gasteiger partial charge in [-0.25, -0.2) is 4.39 Å². The van der Waals surface area contributed by atoms with E-state index in [1.807, 2.05) is 57.4 Å². The molecule has 0 aliphatic carbocycles. The molecule has 34 heavy (non-hydrogen) atoms. The molecule has 0 radical (unpaired) electrons. The monoisotopic (exact) mass is 460 g/mol. The number of halogens is 1. The van der Waals surface area contributed by atoms with Crippen molar-refractivity contribution in [1.82, 2.24) is 10.2 Å². The fourth-order valence-electron chi connectivity index (χ4n) is 4.47. The summed E-state index contributed by atoms with van der Waals surface area (Å²) >= 11 is 0. The van der Waals surface area contributed by atoms with Crippen LogP contribution in [-0.4, -0.2) is 57.6 Å². The Morgan fingerprint density at radius 2 is 1.65 bits per heavy atom. The number of nitrogens with zero attached hydrogens (tertiary/aromatic N) is 3. The SMILES string of the molecule is Cc1cccc(C(=O)NCC(c2ccc(N(C)C)cc2)N2CCN(c3ccc(F)cc3)CC2)c1. The molecule has 178 valence electrons. The minimum Gasteiger partial charge on any atom is -0.378 e. The second kappa shape index (κ2) is 10.7. The van der Waals surface area contributed by atoms with Crippen molar-refractivity contribution in [3.63, 3.8) is 0 Å². The van der Waals surface area contributed by atoms with Gasteiger partial charge in [0.25, 0.3) is 5.91 Å². The van der Waals surface area contributed by atoms with Crippen molar-refractivity contribution in [2.45, 2.75) is 13.0 Å². The molecule has 0 aromatic heterocycles. The number of anilines is 2. The van der Waals surface area contributed by atoms with Crippen LogP contribution in [0.25, 0.3) is 0 Å². The van der Waals surface area contributed by atoms with Crippen LogP contribution in [0.2, 0.25) is 0 Å². The Morgan fingerprint density at radius 1 is 0.971 bits per heavy atom. The molecule has 1 atom stereocenters. The predicted molar refractivity (Wildman–Crippen MR) is 137 cm³/mol. The van der Waals surface area contributed by atoms with Crippen molar-refractivity contribution in [1.29, 1.82) is 0 Å². The fraction of sp³-hybridized carbons (Fsp3) is 0.321. The van der Waals surface area contributed by atoms with E-state index in [2.05, 4.69) is 44.3 Å². The van der Waals surface area contributed by atoms with Gasteiger partial charge in [0.2, 0.25) is 0 Å². The van der Waals surface area contributed by atoms with E-state index < -0.39 is 0 Å². The van der Waals surface area contributed by atoms with E-state index in [0.29, 0.717) is 12.1 Å². The second-order valence-electron chi connectivity index (χ2n) is 9.08. The lowest BCUT2D eigenvalue weighted by atomic mass is 10.0. The molecule has 1 heterocycles. The Morgan fingerprint density at radius 3 is 2.26 bits per heavy atom. The molecule has 4 rings (SSSR count). The molecule has 1 aliphatic heterocycles. The number of nitrogens with one attached hydrogen (secondary N) is 1. The summed E-state index contributed by atoms with van der Waals surface area (Å²) < 4.78 is 13.3. The van der Waals surface area contributed by atoms with Gasteiger partial charge in [-0.05, 0) is 61.0 Å². The maximum absolute atomic E-state index is 13.3. The van der Waals surface area contributed by atoms with Gasteiger partial charge >= 0.3 is 0 Å². The van der Waals surface area contributed by atoms with Gasteiger partial charge in [0, 0.05) is 63.8 Å². The zero-order chi connectivity index (χ0) is 24.1. The lowest BCUT2D eigenvalue weighted by Crippen LogP contribution is -2.50. The first-order valence-corrected chi connectivity index (χ1v) is 11.8. The molecule has 0 saturated carbocycles. The van der Waals surface area contributed by atoms with E-state index in [1.165, 1.54) is 17.7 Å². The number of hydrogen-bond acceptors (Lipinski definition) is 4.